The van der Waals surface area contributed by atoms with E-state index in [9.17, 15) is 34.5 Å². The van der Waals surface area contributed by atoms with Gasteiger partial charge in [-0.25, -0.2) is 4.98 Å². The minimum Gasteiger partial charge on any atom is -0.481 e. The average molecular weight is 976 g/mol. The lowest BCUT2D eigenvalue weighted by atomic mass is 9.52. The van der Waals surface area contributed by atoms with Gasteiger partial charge < -0.3 is 40.1 Å². The lowest BCUT2D eigenvalue weighted by Gasteiger charge is -2.58. The van der Waals surface area contributed by atoms with Crippen molar-refractivity contribution in [2.24, 2.45) is 46.3 Å². The second-order valence-electron chi connectivity index (χ2n) is 23.0. The molecule has 6 saturated carbocycles. The molecule has 9 aliphatic rings. The van der Waals surface area contributed by atoms with Gasteiger partial charge in [-0.3, -0.25) is 24.2 Å². The Hall–Kier alpha value is -4.96. The predicted octanol–water partition coefficient (Wildman–Crippen LogP) is 7.53. The van der Waals surface area contributed by atoms with Gasteiger partial charge in [0.2, 0.25) is 5.88 Å². The van der Waals surface area contributed by atoms with Gasteiger partial charge in [0.05, 0.1) is 29.1 Å². The number of anilines is 2. The minimum absolute atomic E-state index is 0.0138. The van der Waals surface area contributed by atoms with Gasteiger partial charge in [-0.1, -0.05) is 25.8 Å². The number of thioether (sulfide) groups is 1. The smallest absolute Gasteiger partial charge is 0.309 e. The number of carboxylic acids is 2. The molecule has 6 heterocycles. The van der Waals surface area contributed by atoms with Crippen LogP contribution in [-0.2, 0) is 9.59 Å². The molecule has 0 spiro atoms. The van der Waals surface area contributed by atoms with Crippen LogP contribution in [0.3, 0.4) is 0 Å². The highest BCUT2D eigenvalue weighted by molar-refractivity contribution is 8.00. The van der Waals surface area contributed by atoms with Gasteiger partial charge in [0.1, 0.15) is 22.2 Å². The first-order chi connectivity index (χ1) is 33.7. The lowest BCUT2D eigenvalue weighted by molar-refractivity contribution is -0.150. The molecule has 0 aromatic carbocycles. The Labute approximate surface area is 414 Å². The second kappa shape index (κ2) is 18.3. The van der Waals surface area contributed by atoms with E-state index >= 15 is 0 Å². The third kappa shape index (κ3) is 8.39. The number of carbonyl (C=O) groups is 4. The molecule has 3 aromatic rings. The van der Waals surface area contributed by atoms with Crippen molar-refractivity contribution in [1.29, 1.82) is 0 Å². The first kappa shape index (κ1) is 47.4. The molecule has 70 heavy (non-hydrogen) atoms. The van der Waals surface area contributed by atoms with Crippen molar-refractivity contribution in [3.05, 3.63) is 65.5 Å². The third-order valence-electron chi connectivity index (χ3n) is 18.5. The number of aliphatic hydroxyl groups is 1. The maximum absolute atomic E-state index is 14.4. The zero-order chi connectivity index (χ0) is 48.7. The Bertz CT molecular complexity index is 2510. The van der Waals surface area contributed by atoms with E-state index in [-0.39, 0.29) is 59.4 Å². The number of hydrogen-bond acceptors (Lipinski definition) is 12. The molecule has 0 radical (unpaired) electrons. The number of nitrogens with one attached hydrogen (secondary N) is 1. The molecular formula is C54H69N7O8S. The maximum Gasteiger partial charge on any atom is 0.309 e. The fraction of sp³-hybridized carbons (Fsp3) is 0.648. The van der Waals surface area contributed by atoms with E-state index in [1.165, 1.54) is 0 Å². The standard InChI is InChI=1S/C54H69N7O8S/c1-4-20-69-47-38(46(62)58-45-34-21-31-22-35(45)25-53(68,23-31)24-34)12-16-43(56-47)61-28-36(52(2,3)51(66)67)11-14-41(61)54-30-60(29-40(54)44(54)50(64)65)42-15-13-39(48(57-42)70-37-9-5-6-10-37)49(63)59-19-17-33(27-59)32-8-7-18-55-26-32/h7-8,12-13,15-16,18,26,31,33-37,40-41,44-45,68H,4-6,9-11,14,17,19-25,27-30H2,1-3H3,(H,58,62)(H,64,65)(H,66,67)/t31?,33?,34-,35?,36?,40-,41-,44?,45?,53?,54?/m1/s1. The number of aromatic nitrogens is 3. The molecule has 9 fully saturated rings. The molecule has 16 heteroatoms. The summed E-state index contributed by atoms with van der Waals surface area (Å²) in [6, 6.07) is 11.1. The highest BCUT2D eigenvalue weighted by Crippen LogP contribution is 2.68. The Morgan fingerprint density at radius 3 is 2.36 bits per heavy atom. The van der Waals surface area contributed by atoms with Gasteiger partial charge in [-0.2, -0.15) is 4.98 Å². The van der Waals surface area contributed by atoms with E-state index in [0.29, 0.717) is 99.5 Å². The topological polar surface area (TPSA) is 199 Å². The largest absolute Gasteiger partial charge is 0.481 e. The number of amides is 2. The molecular weight excluding hydrogens is 907 g/mol. The van der Waals surface area contributed by atoms with Gasteiger partial charge in [0, 0.05) is 79.7 Å². The Balaban J connectivity index is 0.892. The summed E-state index contributed by atoms with van der Waals surface area (Å²) in [5.41, 5.74) is -0.320. The molecule has 4 bridgehead atoms. The zero-order valence-electron chi connectivity index (χ0n) is 40.8. The molecule has 3 saturated heterocycles. The van der Waals surface area contributed by atoms with Crippen LogP contribution in [0.5, 0.6) is 5.88 Å². The van der Waals surface area contributed by atoms with Crippen molar-refractivity contribution in [2.45, 2.75) is 138 Å². The molecule has 3 aromatic heterocycles. The fourth-order valence-electron chi connectivity index (χ4n) is 14.9. The molecule has 4 N–H and O–H groups in total. The number of hydrogen-bond donors (Lipinski definition) is 4. The van der Waals surface area contributed by atoms with E-state index in [0.717, 1.165) is 67.8 Å². The summed E-state index contributed by atoms with van der Waals surface area (Å²) in [5, 5.41) is 37.1. The van der Waals surface area contributed by atoms with Crippen LogP contribution in [0, 0.1) is 46.3 Å². The number of carbonyl (C=O) groups excluding carboxylic acids is 2. The van der Waals surface area contributed by atoms with Crippen molar-refractivity contribution in [1.82, 2.24) is 25.2 Å². The van der Waals surface area contributed by atoms with E-state index in [1.54, 1.807) is 37.9 Å². The molecule has 8 unspecified atom stereocenters. The van der Waals surface area contributed by atoms with E-state index < -0.39 is 34.3 Å². The first-order valence-electron chi connectivity index (χ1n) is 26.2. The number of carboxylic acid groups (broad SMARTS) is 2. The number of ether oxygens (including phenoxy) is 1. The highest BCUT2D eigenvalue weighted by Gasteiger charge is 2.76. The van der Waals surface area contributed by atoms with Crippen molar-refractivity contribution in [2.75, 3.05) is 49.1 Å². The SMILES string of the molecule is CCCOc1nc(N2CC(C(C)(C)C(=O)O)CC[C@@H]2C23CN(c4ccc(C(=O)N5CCC(c6cccnc6)C5)c(SC5CCCC5)n4)C[C@@H]2C3C(=O)O)ccc1C(=O)NC1C2CC3C[C@@H]1CC(O)(C3)C2. The summed E-state index contributed by atoms with van der Waals surface area (Å²) < 4.78 is 6.29. The monoisotopic (exact) mass is 975 g/mol. The summed E-state index contributed by atoms with van der Waals surface area (Å²) in [4.78, 5) is 75.8. The van der Waals surface area contributed by atoms with Gasteiger partial charge in [0.15, 0.2) is 0 Å². The first-order valence-corrected chi connectivity index (χ1v) is 27.1. The van der Waals surface area contributed by atoms with Crippen LogP contribution >= 0.6 is 11.8 Å². The van der Waals surface area contributed by atoms with Gasteiger partial charge in [-0.05, 0) is 144 Å². The van der Waals surface area contributed by atoms with Crippen LogP contribution in [0.25, 0.3) is 0 Å². The third-order valence-corrected chi connectivity index (χ3v) is 19.8. The molecule has 11 atom stereocenters. The normalized spacial score (nSPS) is 33.4. The number of nitrogens with zero attached hydrogens (tertiary/aromatic N) is 6. The zero-order valence-corrected chi connectivity index (χ0v) is 41.6. The Kier molecular flexibility index (Phi) is 12.4. The van der Waals surface area contributed by atoms with Gasteiger partial charge >= 0.3 is 11.9 Å². The summed E-state index contributed by atoms with van der Waals surface area (Å²) in [6.45, 7) is 8.38. The van der Waals surface area contributed by atoms with Crippen LogP contribution < -0.4 is 19.9 Å². The summed E-state index contributed by atoms with van der Waals surface area (Å²) in [7, 11) is 0. The summed E-state index contributed by atoms with van der Waals surface area (Å²) in [6.07, 6.45) is 15.1. The van der Waals surface area contributed by atoms with Gasteiger partial charge in [0.25, 0.3) is 11.8 Å². The number of aliphatic carboxylic acids is 2. The number of pyridine rings is 3. The van der Waals surface area contributed by atoms with E-state index in [2.05, 4.69) is 26.2 Å². The molecule has 3 aliphatic heterocycles. The fourth-order valence-corrected chi connectivity index (χ4v) is 16.2. The molecule has 15 nitrogen and oxygen atoms in total. The van der Waals surface area contributed by atoms with Crippen LogP contribution in [0.2, 0.25) is 0 Å². The van der Waals surface area contributed by atoms with Crippen LogP contribution in [-0.4, -0.2) is 121 Å². The average Bonchev–Trinajstić information content (AvgIpc) is 3.87. The van der Waals surface area contributed by atoms with Crippen molar-refractivity contribution in [3.63, 3.8) is 0 Å². The number of likely N-dealkylation sites (tertiary alicyclic amines) is 1. The number of fused-ring (bicyclic) bond motifs is 1. The molecule has 374 valence electrons. The van der Waals surface area contributed by atoms with Crippen LogP contribution in [0.4, 0.5) is 11.6 Å². The maximum atomic E-state index is 14.4. The predicted molar refractivity (Wildman–Crippen MR) is 264 cm³/mol. The Morgan fingerprint density at radius 2 is 1.66 bits per heavy atom. The minimum atomic E-state index is -1.07. The van der Waals surface area contributed by atoms with E-state index in [1.807, 2.05) is 42.3 Å². The van der Waals surface area contributed by atoms with Crippen LogP contribution in [0.1, 0.15) is 136 Å². The number of rotatable bonds is 15. The quantitative estimate of drug-likeness (QED) is 0.117. The van der Waals surface area contributed by atoms with Crippen molar-refractivity contribution < 1.29 is 39.2 Å². The number of piperidine rings is 2. The van der Waals surface area contributed by atoms with Crippen molar-refractivity contribution >= 4 is 47.2 Å². The molecule has 2 amide bonds. The van der Waals surface area contributed by atoms with E-state index in [4.69, 9.17) is 14.7 Å². The van der Waals surface area contributed by atoms with Crippen molar-refractivity contribution in [3.8, 4) is 5.88 Å². The molecule has 12 rings (SSSR count). The summed E-state index contributed by atoms with van der Waals surface area (Å²) in [5.74, 6) is -0.466. The lowest BCUT2D eigenvalue weighted by Crippen LogP contribution is -2.61. The second-order valence-corrected chi connectivity index (χ2v) is 24.3. The Morgan fingerprint density at radius 1 is 0.900 bits per heavy atom. The van der Waals surface area contributed by atoms with Gasteiger partial charge in [-0.15, -0.1) is 11.8 Å². The highest BCUT2D eigenvalue weighted by atomic mass is 32.2. The summed E-state index contributed by atoms with van der Waals surface area (Å²) >= 11 is 1.70. The molecule has 6 aliphatic carbocycles. The van der Waals surface area contributed by atoms with Crippen LogP contribution in [0.15, 0.2) is 53.8 Å².